The molecule has 120 valence electrons. The molecule has 0 bridgehead atoms. The molecule has 9 heteroatoms. The Labute approximate surface area is 128 Å². The zero-order valence-electron chi connectivity index (χ0n) is 11.4. The summed E-state index contributed by atoms with van der Waals surface area (Å²) in [5.41, 5.74) is 0.906. The lowest BCUT2D eigenvalue weighted by molar-refractivity contribution is -0.384. The number of anilines is 1. The van der Waals surface area contributed by atoms with Crippen molar-refractivity contribution in [2.45, 2.75) is 6.18 Å². The van der Waals surface area contributed by atoms with Crippen molar-refractivity contribution in [3.8, 4) is 5.75 Å². The van der Waals surface area contributed by atoms with Gasteiger partial charge in [0.25, 0.3) is 5.69 Å². The Morgan fingerprint density at radius 1 is 1.17 bits per heavy atom. The first-order valence-corrected chi connectivity index (χ1v) is 6.21. The second-order valence-electron chi connectivity index (χ2n) is 4.45. The van der Waals surface area contributed by atoms with E-state index in [1.54, 1.807) is 12.1 Å². The summed E-state index contributed by atoms with van der Waals surface area (Å²) >= 11 is 0. The highest BCUT2D eigenvalue weighted by Crippen LogP contribution is 2.34. The molecule has 6 nitrogen and oxygen atoms in total. The van der Waals surface area contributed by atoms with E-state index < -0.39 is 22.4 Å². The fourth-order valence-electron chi connectivity index (χ4n) is 1.69. The first-order chi connectivity index (χ1) is 10.8. The molecule has 0 atom stereocenters. The van der Waals surface area contributed by atoms with Crippen LogP contribution >= 0.6 is 0 Å². The van der Waals surface area contributed by atoms with E-state index in [9.17, 15) is 23.3 Å². The van der Waals surface area contributed by atoms with Gasteiger partial charge >= 0.3 is 6.18 Å². The standard InChI is InChI=1S/C14H10F3N3O3/c15-14(16,17)10-3-6-12(13(7-10)20(22)23)19-18-8-9-1-4-11(21)5-2-9/h1-8,19,21H/b18-8+. The van der Waals surface area contributed by atoms with E-state index in [0.29, 0.717) is 11.6 Å². The van der Waals surface area contributed by atoms with Crippen LogP contribution in [0.3, 0.4) is 0 Å². The Kier molecular flexibility index (Phi) is 4.49. The molecule has 0 aliphatic rings. The van der Waals surface area contributed by atoms with Gasteiger partial charge in [0.05, 0.1) is 16.7 Å². The second kappa shape index (κ2) is 6.34. The molecule has 0 aliphatic heterocycles. The minimum atomic E-state index is -4.67. The molecule has 2 aromatic rings. The maximum absolute atomic E-state index is 12.6. The Balaban J connectivity index is 2.22. The third kappa shape index (κ3) is 4.19. The van der Waals surface area contributed by atoms with E-state index in [4.69, 9.17) is 5.11 Å². The molecule has 0 saturated carbocycles. The minimum absolute atomic E-state index is 0.0634. The van der Waals surface area contributed by atoms with Gasteiger partial charge < -0.3 is 5.11 Å². The molecule has 0 saturated heterocycles. The lowest BCUT2D eigenvalue weighted by Crippen LogP contribution is -2.06. The van der Waals surface area contributed by atoms with E-state index in [-0.39, 0.29) is 11.4 Å². The predicted octanol–water partition coefficient (Wildman–Crippen LogP) is 3.77. The minimum Gasteiger partial charge on any atom is -0.508 e. The molecule has 2 rings (SSSR count). The molecule has 0 heterocycles. The van der Waals surface area contributed by atoms with Crippen molar-refractivity contribution in [1.82, 2.24) is 0 Å². The van der Waals surface area contributed by atoms with Gasteiger partial charge in [0.15, 0.2) is 0 Å². The average molecular weight is 325 g/mol. The largest absolute Gasteiger partial charge is 0.508 e. The summed E-state index contributed by atoms with van der Waals surface area (Å²) in [7, 11) is 0. The average Bonchev–Trinajstić information content (AvgIpc) is 2.48. The molecule has 0 amide bonds. The van der Waals surface area contributed by atoms with E-state index in [1.807, 2.05) is 0 Å². The summed E-state index contributed by atoms with van der Waals surface area (Å²) in [6.45, 7) is 0. The molecule has 23 heavy (non-hydrogen) atoms. The summed E-state index contributed by atoms with van der Waals surface area (Å²) in [6.07, 6.45) is -3.36. The number of hydrogen-bond donors (Lipinski definition) is 2. The smallest absolute Gasteiger partial charge is 0.416 e. The molecule has 0 aromatic heterocycles. The van der Waals surface area contributed by atoms with Crippen LogP contribution in [0, 0.1) is 10.1 Å². The lowest BCUT2D eigenvalue weighted by Gasteiger charge is -2.08. The number of rotatable bonds is 4. The third-order valence-corrected chi connectivity index (χ3v) is 2.81. The van der Waals surface area contributed by atoms with Crippen LogP contribution in [0.5, 0.6) is 5.75 Å². The van der Waals surface area contributed by atoms with Gasteiger partial charge in [0.1, 0.15) is 11.4 Å². The van der Waals surface area contributed by atoms with Crippen LogP contribution in [-0.4, -0.2) is 16.2 Å². The molecule has 0 aliphatic carbocycles. The van der Waals surface area contributed by atoms with E-state index in [2.05, 4.69) is 10.5 Å². The fourth-order valence-corrected chi connectivity index (χ4v) is 1.69. The number of phenols is 1. The molecule has 2 N–H and O–H groups in total. The number of nitro benzene ring substituents is 1. The van der Waals surface area contributed by atoms with E-state index in [0.717, 1.165) is 12.1 Å². The molecule has 0 radical (unpaired) electrons. The number of nitrogens with zero attached hydrogens (tertiary/aromatic N) is 2. The van der Waals surface area contributed by atoms with Crippen LogP contribution in [0.2, 0.25) is 0 Å². The van der Waals surface area contributed by atoms with Crippen molar-refractivity contribution < 1.29 is 23.2 Å². The Hall–Kier alpha value is -3.10. The number of aromatic hydroxyl groups is 1. The summed E-state index contributed by atoms with van der Waals surface area (Å²) in [4.78, 5) is 9.97. The van der Waals surface area contributed by atoms with E-state index >= 15 is 0 Å². The molecule has 0 spiro atoms. The topological polar surface area (TPSA) is 87.8 Å². The van der Waals surface area contributed by atoms with Gasteiger partial charge in [-0.05, 0) is 42.0 Å². The van der Waals surface area contributed by atoms with Gasteiger partial charge in [-0.15, -0.1) is 0 Å². The number of hydrogen-bond acceptors (Lipinski definition) is 5. The summed E-state index contributed by atoms with van der Waals surface area (Å²) < 4.78 is 37.7. The van der Waals surface area contributed by atoms with Crippen molar-refractivity contribution in [3.63, 3.8) is 0 Å². The van der Waals surface area contributed by atoms with Crippen molar-refractivity contribution in [2.75, 3.05) is 5.43 Å². The highest BCUT2D eigenvalue weighted by molar-refractivity contribution is 5.80. The Bertz CT molecular complexity index is 743. The summed E-state index contributed by atoms with van der Waals surface area (Å²) in [6, 6.07) is 8.03. The van der Waals surface area contributed by atoms with Gasteiger partial charge in [-0.3, -0.25) is 15.5 Å². The highest BCUT2D eigenvalue weighted by atomic mass is 19.4. The maximum Gasteiger partial charge on any atom is 0.416 e. The number of halogens is 3. The predicted molar refractivity (Wildman–Crippen MR) is 77.4 cm³/mol. The number of alkyl halides is 3. The van der Waals surface area contributed by atoms with Crippen molar-refractivity contribution in [3.05, 3.63) is 63.7 Å². The fraction of sp³-hybridized carbons (Fsp3) is 0.0714. The van der Waals surface area contributed by atoms with Crippen LogP contribution in [0.15, 0.2) is 47.6 Å². The van der Waals surface area contributed by atoms with Crippen molar-refractivity contribution >= 4 is 17.6 Å². The van der Waals surface area contributed by atoms with Gasteiger partial charge in [0.2, 0.25) is 0 Å². The van der Waals surface area contributed by atoms with Gasteiger partial charge in [0, 0.05) is 6.07 Å². The molecular weight excluding hydrogens is 315 g/mol. The van der Waals surface area contributed by atoms with Gasteiger partial charge in [-0.1, -0.05) is 0 Å². The maximum atomic E-state index is 12.6. The monoisotopic (exact) mass is 325 g/mol. The zero-order valence-corrected chi connectivity index (χ0v) is 11.4. The molecule has 0 unspecified atom stereocenters. The lowest BCUT2D eigenvalue weighted by atomic mass is 10.1. The number of benzene rings is 2. The van der Waals surface area contributed by atoms with Crippen molar-refractivity contribution in [2.24, 2.45) is 5.10 Å². The Morgan fingerprint density at radius 3 is 2.39 bits per heavy atom. The second-order valence-corrected chi connectivity index (χ2v) is 4.45. The number of phenolic OH excluding ortho intramolecular Hbond substituents is 1. The first kappa shape index (κ1) is 16.3. The van der Waals surface area contributed by atoms with Gasteiger partial charge in [-0.2, -0.15) is 18.3 Å². The SMILES string of the molecule is O=[N+]([O-])c1cc(C(F)(F)F)ccc1N/N=C/c1ccc(O)cc1. The number of nitrogens with one attached hydrogen (secondary N) is 1. The van der Waals surface area contributed by atoms with Crippen LogP contribution in [0.1, 0.15) is 11.1 Å². The van der Waals surface area contributed by atoms with Crippen LogP contribution in [-0.2, 0) is 6.18 Å². The normalized spacial score (nSPS) is 11.6. The van der Waals surface area contributed by atoms with Gasteiger partial charge in [-0.25, -0.2) is 0 Å². The Morgan fingerprint density at radius 2 is 1.83 bits per heavy atom. The summed E-state index contributed by atoms with van der Waals surface area (Å²) in [5.74, 6) is 0.0634. The van der Waals surface area contributed by atoms with Crippen molar-refractivity contribution in [1.29, 1.82) is 0 Å². The number of hydrazone groups is 1. The summed E-state index contributed by atoms with van der Waals surface area (Å²) in [5, 5.41) is 23.7. The molecular formula is C14H10F3N3O3. The van der Waals surface area contributed by atoms with Crippen LogP contribution in [0.25, 0.3) is 0 Å². The quantitative estimate of drug-likeness (QED) is 0.509. The van der Waals surface area contributed by atoms with Crippen LogP contribution < -0.4 is 5.43 Å². The zero-order chi connectivity index (χ0) is 17.0. The van der Waals surface area contributed by atoms with Crippen LogP contribution in [0.4, 0.5) is 24.5 Å². The molecule has 2 aromatic carbocycles. The number of nitro groups is 1. The first-order valence-electron chi connectivity index (χ1n) is 6.21. The highest BCUT2D eigenvalue weighted by Gasteiger charge is 2.33. The van der Waals surface area contributed by atoms with E-state index in [1.165, 1.54) is 18.3 Å². The third-order valence-electron chi connectivity index (χ3n) is 2.81. The molecule has 0 fully saturated rings.